The van der Waals surface area contributed by atoms with E-state index in [1.807, 2.05) is 43.3 Å². The smallest absolute Gasteiger partial charge is 0.329 e. The van der Waals surface area contributed by atoms with Crippen LogP contribution in [0.25, 0.3) is 0 Å². The number of amides is 3. The fraction of sp³-hybridized carbons (Fsp3) is 0.176. The molecule has 0 saturated carbocycles. The monoisotopic (exact) mass is 296 g/mol. The molecule has 3 rings (SSSR count). The van der Waals surface area contributed by atoms with Crippen LogP contribution in [0.1, 0.15) is 11.1 Å². The Bertz CT molecular complexity index is 711. The van der Waals surface area contributed by atoms with Crippen molar-refractivity contribution in [3.05, 3.63) is 59.7 Å². The Labute approximate surface area is 128 Å². The van der Waals surface area contributed by atoms with Gasteiger partial charge in [0.25, 0.3) is 5.91 Å². The molecule has 5 heteroatoms. The van der Waals surface area contributed by atoms with Crippen LogP contribution in [0.3, 0.4) is 0 Å². The highest BCUT2D eigenvalue weighted by molar-refractivity contribution is 6.20. The van der Waals surface area contributed by atoms with Crippen molar-refractivity contribution < 1.29 is 14.3 Å². The lowest BCUT2D eigenvalue weighted by Crippen LogP contribution is -2.31. The normalized spacial score (nSPS) is 14.1. The lowest BCUT2D eigenvalue weighted by molar-refractivity contribution is -0.115. The number of anilines is 1. The molecule has 5 nitrogen and oxygen atoms in total. The molecular weight excluding hydrogens is 280 g/mol. The van der Waals surface area contributed by atoms with Gasteiger partial charge in [0.2, 0.25) is 0 Å². The average Bonchev–Trinajstić information content (AvgIpc) is 2.86. The van der Waals surface area contributed by atoms with E-state index < -0.39 is 6.03 Å². The molecule has 1 aliphatic rings. The number of para-hydroxylation sites is 2. The highest BCUT2D eigenvalue weighted by atomic mass is 16.5. The highest BCUT2D eigenvalue weighted by Gasteiger charge is 2.31. The molecule has 1 N–H and O–H groups in total. The van der Waals surface area contributed by atoms with Crippen LogP contribution in [0.4, 0.5) is 10.5 Å². The summed E-state index contributed by atoms with van der Waals surface area (Å²) < 4.78 is 5.82. The zero-order valence-electron chi connectivity index (χ0n) is 12.2. The average molecular weight is 296 g/mol. The summed E-state index contributed by atoms with van der Waals surface area (Å²) >= 11 is 0. The van der Waals surface area contributed by atoms with Gasteiger partial charge in [0.15, 0.2) is 0 Å². The van der Waals surface area contributed by atoms with Crippen molar-refractivity contribution in [2.75, 3.05) is 11.4 Å². The number of rotatable bonds is 4. The fourth-order valence-corrected chi connectivity index (χ4v) is 2.39. The summed E-state index contributed by atoms with van der Waals surface area (Å²) in [5.41, 5.74) is 2.39. The minimum Gasteiger partial charge on any atom is -0.489 e. The van der Waals surface area contributed by atoms with Crippen LogP contribution < -0.4 is 15.0 Å². The van der Waals surface area contributed by atoms with Gasteiger partial charge in [-0.05, 0) is 24.6 Å². The van der Waals surface area contributed by atoms with Crippen molar-refractivity contribution in [3.8, 4) is 5.75 Å². The fourth-order valence-electron chi connectivity index (χ4n) is 2.39. The van der Waals surface area contributed by atoms with Crippen LogP contribution in [-0.2, 0) is 11.4 Å². The molecule has 1 saturated heterocycles. The Hall–Kier alpha value is -2.82. The van der Waals surface area contributed by atoms with Gasteiger partial charge in [-0.1, -0.05) is 36.4 Å². The molecule has 2 aromatic rings. The maximum atomic E-state index is 11.9. The number of benzene rings is 2. The summed E-state index contributed by atoms with van der Waals surface area (Å²) in [6, 6.07) is 14.6. The van der Waals surface area contributed by atoms with E-state index in [1.165, 1.54) is 0 Å². The molecule has 0 unspecified atom stereocenters. The van der Waals surface area contributed by atoms with Crippen molar-refractivity contribution in [1.29, 1.82) is 0 Å². The molecule has 0 atom stereocenters. The SMILES string of the molecule is Cc1ccccc1OCc1ccccc1N1C(=O)CNC1=O. The molecular formula is C17H16N2O3. The van der Waals surface area contributed by atoms with Gasteiger partial charge in [0, 0.05) is 5.56 Å². The Morgan fingerprint density at radius 1 is 1.09 bits per heavy atom. The van der Waals surface area contributed by atoms with E-state index in [0.717, 1.165) is 21.8 Å². The van der Waals surface area contributed by atoms with E-state index in [4.69, 9.17) is 4.74 Å². The van der Waals surface area contributed by atoms with Crippen molar-refractivity contribution in [3.63, 3.8) is 0 Å². The number of hydrogen-bond donors (Lipinski definition) is 1. The topological polar surface area (TPSA) is 58.6 Å². The molecule has 0 spiro atoms. The van der Waals surface area contributed by atoms with Gasteiger partial charge in [-0.2, -0.15) is 0 Å². The summed E-state index contributed by atoms with van der Waals surface area (Å²) in [5, 5.41) is 2.52. The van der Waals surface area contributed by atoms with Crippen molar-refractivity contribution in [2.45, 2.75) is 13.5 Å². The molecule has 3 amide bonds. The van der Waals surface area contributed by atoms with E-state index in [-0.39, 0.29) is 19.1 Å². The molecule has 1 fully saturated rings. The lowest BCUT2D eigenvalue weighted by atomic mass is 10.1. The van der Waals surface area contributed by atoms with E-state index in [0.29, 0.717) is 5.69 Å². The van der Waals surface area contributed by atoms with Crippen LogP contribution in [0.15, 0.2) is 48.5 Å². The number of carbonyl (C=O) groups is 2. The number of imide groups is 1. The summed E-state index contributed by atoms with van der Waals surface area (Å²) in [4.78, 5) is 24.8. The molecule has 0 bridgehead atoms. The number of hydrogen-bond acceptors (Lipinski definition) is 3. The summed E-state index contributed by atoms with van der Waals surface area (Å²) in [6.45, 7) is 2.29. The molecule has 112 valence electrons. The van der Waals surface area contributed by atoms with Crippen LogP contribution in [0.2, 0.25) is 0 Å². The number of ether oxygens (including phenoxy) is 1. The maximum absolute atomic E-state index is 11.9. The van der Waals surface area contributed by atoms with Gasteiger partial charge in [-0.25, -0.2) is 9.69 Å². The number of urea groups is 1. The Morgan fingerprint density at radius 2 is 1.82 bits per heavy atom. The van der Waals surface area contributed by atoms with Gasteiger partial charge in [0.05, 0.1) is 12.2 Å². The van der Waals surface area contributed by atoms with Crippen LogP contribution in [0, 0.1) is 6.92 Å². The molecule has 1 aliphatic heterocycles. The van der Waals surface area contributed by atoms with Crippen molar-refractivity contribution in [1.82, 2.24) is 5.32 Å². The highest BCUT2D eigenvalue weighted by Crippen LogP contribution is 2.25. The van der Waals surface area contributed by atoms with Crippen molar-refractivity contribution >= 4 is 17.6 Å². The third-order valence-corrected chi connectivity index (χ3v) is 3.55. The van der Waals surface area contributed by atoms with Gasteiger partial charge < -0.3 is 10.1 Å². The quantitative estimate of drug-likeness (QED) is 0.882. The van der Waals surface area contributed by atoms with Gasteiger partial charge in [-0.3, -0.25) is 4.79 Å². The van der Waals surface area contributed by atoms with Crippen LogP contribution in [0.5, 0.6) is 5.75 Å². The summed E-state index contributed by atoms with van der Waals surface area (Å²) in [5.74, 6) is 0.530. The van der Waals surface area contributed by atoms with Gasteiger partial charge in [0.1, 0.15) is 12.4 Å². The molecule has 0 aliphatic carbocycles. The summed E-state index contributed by atoms with van der Waals surface area (Å²) in [7, 11) is 0. The van der Waals surface area contributed by atoms with E-state index in [2.05, 4.69) is 5.32 Å². The van der Waals surface area contributed by atoms with Gasteiger partial charge in [-0.15, -0.1) is 0 Å². The zero-order valence-corrected chi connectivity index (χ0v) is 12.2. The van der Waals surface area contributed by atoms with Gasteiger partial charge >= 0.3 is 6.03 Å². The van der Waals surface area contributed by atoms with Crippen LogP contribution in [-0.4, -0.2) is 18.5 Å². The largest absolute Gasteiger partial charge is 0.489 e. The minimum absolute atomic E-state index is 0.0335. The lowest BCUT2D eigenvalue weighted by Gasteiger charge is -2.17. The Balaban J connectivity index is 1.84. The predicted molar refractivity (Wildman–Crippen MR) is 82.8 cm³/mol. The first-order chi connectivity index (χ1) is 10.7. The minimum atomic E-state index is -0.395. The molecule has 0 aromatic heterocycles. The first kappa shape index (κ1) is 14.1. The molecule has 1 heterocycles. The second-order valence-corrected chi connectivity index (χ2v) is 5.07. The first-order valence-corrected chi connectivity index (χ1v) is 7.04. The van der Waals surface area contributed by atoms with E-state index >= 15 is 0 Å². The molecule has 0 radical (unpaired) electrons. The molecule has 22 heavy (non-hydrogen) atoms. The van der Waals surface area contributed by atoms with Crippen LogP contribution >= 0.6 is 0 Å². The molecule has 2 aromatic carbocycles. The number of carbonyl (C=O) groups excluding carboxylic acids is 2. The Kier molecular flexibility index (Phi) is 3.78. The van der Waals surface area contributed by atoms with E-state index in [1.54, 1.807) is 12.1 Å². The number of nitrogens with zero attached hydrogens (tertiary/aromatic N) is 1. The first-order valence-electron chi connectivity index (χ1n) is 7.04. The van der Waals surface area contributed by atoms with Crippen molar-refractivity contribution in [2.24, 2.45) is 0 Å². The Morgan fingerprint density at radius 3 is 2.55 bits per heavy atom. The third-order valence-electron chi connectivity index (χ3n) is 3.55. The zero-order chi connectivity index (χ0) is 15.5. The maximum Gasteiger partial charge on any atom is 0.329 e. The summed E-state index contributed by atoms with van der Waals surface area (Å²) in [6.07, 6.45) is 0. The van der Waals surface area contributed by atoms with E-state index in [9.17, 15) is 9.59 Å². The standard InChI is InChI=1S/C17H16N2O3/c1-12-6-2-5-9-15(12)22-11-13-7-3-4-8-14(13)19-16(20)10-18-17(19)21/h2-9H,10-11H2,1H3,(H,18,21). The number of aryl methyl sites for hydroxylation is 1. The second-order valence-electron chi connectivity index (χ2n) is 5.07. The number of nitrogens with one attached hydrogen (secondary N) is 1. The predicted octanol–water partition coefficient (Wildman–Crippen LogP) is 2.63. The second kappa shape index (κ2) is 5.89. The third kappa shape index (κ3) is 2.65.